The fraction of sp³-hybridized carbons (Fsp3) is 0.556. The second-order valence-corrected chi connectivity index (χ2v) is 3.53. The van der Waals surface area contributed by atoms with Crippen LogP contribution in [0.25, 0.3) is 0 Å². The molecule has 0 saturated heterocycles. The van der Waals surface area contributed by atoms with Gasteiger partial charge in [-0.3, -0.25) is 19.2 Å². The maximum Gasteiger partial charge on any atom is 0.321 e. The molecule has 0 aromatic carbocycles. The lowest BCUT2D eigenvalue weighted by Gasteiger charge is -2.13. The number of carbonyl (C=O) groups excluding carboxylic acids is 1. The first kappa shape index (κ1) is 15.8. The number of carbonyl (C=O) groups is 4. The zero-order chi connectivity index (χ0) is 14.3. The maximum absolute atomic E-state index is 10.7. The van der Waals surface area contributed by atoms with Crippen molar-refractivity contribution in [3.8, 4) is 0 Å². The van der Waals surface area contributed by atoms with Gasteiger partial charge in [0.2, 0.25) is 5.91 Å². The smallest absolute Gasteiger partial charge is 0.321 e. The van der Waals surface area contributed by atoms with Gasteiger partial charge in [0.15, 0.2) is 5.92 Å². The molecular weight excluding hydrogens is 248 g/mol. The second kappa shape index (κ2) is 7.22. The third kappa shape index (κ3) is 5.80. The van der Waals surface area contributed by atoms with Gasteiger partial charge in [0.1, 0.15) is 6.04 Å². The van der Waals surface area contributed by atoms with E-state index in [2.05, 4.69) is 5.32 Å². The van der Waals surface area contributed by atoms with E-state index in [0.29, 0.717) is 0 Å². The van der Waals surface area contributed by atoms with E-state index >= 15 is 0 Å². The van der Waals surface area contributed by atoms with Gasteiger partial charge in [0.25, 0.3) is 0 Å². The lowest BCUT2D eigenvalue weighted by atomic mass is 10.1. The van der Waals surface area contributed by atoms with E-state index < -0.39 is 42.2 Å². The first-order chi connectivity index (χ1) is 8.25. The number of carboxylic acids is 3. The van der Waals surface area contributed by atoms with Crippen LogP contribution in [-0.2, 0) is 19.2 Å². The quantitative estimate of drug-likeness (QED) is 0.300. The van der Waals surface area contributed by atoms with Crippen LogP contribution in [0.2, 0.25) is 0 Å². The lowest BCUT2D eigenvalue weighted by Crippen LogP contribution is -2.41. The second-order valence-electron chi connectivity index (χ2n) is 3.53. The van der Waals surface area contributed by atoms with Crippen molar-refractivity contribution in [3.05, 3.63) is 0 Å². The monoisotopic (exact) mass is 262 g/mol. The standard InChI is InChI=1S/C9H14N2O7/c10-6(12)3-5(9(17)18)11-2-1-4(7(13)14)8(15)16/h4-5,11H,1-3H2,(H2,10,12)(H,13,14)(H,15,16)(H,17,18)/t5-/m0/s1. The zero-order valence-electron chi connectivity index (χ0n) is 9.33. The Balaban J connectivity index is 4.28. The van der Waals surface area contributed by atoms with Gasteiger partial charge in [-0.15, -0.1) is 0 Å². The fourth-order valence-corrected chi connectivity index (χ4v) is 1.20. The predicted molar refractivity (Wildman–Crippen MR) is 56.6 cm³/mol. The van der Waals surface area contributed by atoms with Gasteiger partial charge in [-0.2, -0.15) is 0 Å². The predicted octanol–water partition coefficient (Wildman–Crippen LogP) is -1.92. The van der Waals surface area contributed by atoms with Crippen molar-refractivity contribution in [3.63, 3.8) is 0 Å². The van der Waals surface area contributed by atoms with E-state index in [1.54, 1.807) is 0 Å². The lowest BCUT2D eigenvalue weighted by molar-refractivity contribution is -0.154. The Morgan fingerprint density at radius 1 is 1.00 bits per heavy atom. The highest BCUT2D eigenvalue weighted by Gasteiger charge is 2.26. The van der Waals surface area contributed by atoms with Crippen LogP contribution in [0.1, 0.15) is 12.8 Å². The minimum absolute atomic E-state index is 0.173. The van der Waals surface area contributed by atoms with Crippen molar-refractivity contribution >= 4 is 23.8 Å². The van der Waals surface area contributed by atoms with Crippen LogP contribution >= 0.6 is 0 Å². The van der Waals surface area contributed by atoms with Gasteiger partial charge in [-0.25, -0.2) is 0 Å². The van der Waals surface area contributed by atoms with E-state index in [1.165, 1.54) is 0 Å². The average molecular weight is 262 g/mol. The minimum atomic E-state index is -1.62. The molecule has 0 aliphatic rings. The molecule has 0 bridgehead atoms. The Kier molecular flexibility index (Phi) is 6.35. The van der Waals surface area contributed by atoms with Crippen LogP contribution in [0.4, 0.5) is 0 Å². The molecule has 102 valence electrons. The highest BCUT2D eigenvalue weighted by molar-refractivity contribution is 5.92. The molecule has 0 fully saturated rings. The van der Waals surface area contributed by atoms with Crippen LogP contribution in [-0.4, -0.2) is 51.7 Å². The minimum Gasteiger partial charge on any atom is -0.481 e. The summed E-state index contributed by atoms with van der Waals surface area (Å²) in [6.45, 7) is -0.173. The molecule has 1 amide bonds. The number of primary amides is 1. The van der Waals surface area contributed by atoms with Gasteiger partial charge in [0.05, 0.1) is 6.42 Å². The number of amides is 1. The summed E-state index contributed by atoms with van der Waals surface area (Å²) in [5.41, 5.74) is 4.83. The van der Waals surface area contributed by atoms with E-state index in [-0.39, 0.29) is 13.0 Å². The summed E-state index contributed by atoms with van der Waals surface area (Å²) in [5, 5.41) is 28.2. The number of rotatable bonds is 9. The molecule has 0 spiro atoms. The van der Waals surface area contributed by atoms with Crippen molar-refractivity contribution in [1.29, 1.82) is 0 Å². The molecular formula is C9H14N2O7. The summed E-state index contributed by atoms with van der Waals surface area (Å²) in [6, 6.07) is -1.26. The topological polar surface area (TPSA) is 167 Å². The summed E-state index contributed by atoms with van der Waals surface area (Å²) >= 11 is 0. The Morgan fingerprint density at radius 2 is 1.50 bits per heavy atom. The Morgan fingerprint density at radius 3 is 1.83 bits per heavy atom. The van der Waals surface area contributed by atoms with Crippen molar-refractivity contribution in [2.45, 2.75) is 18.9 Å². The van der Waals surface area contributed by atoms with Crippen molar-refractivity contribution < 1.29 is 34.5 Å². The number of hydrogen-bond acceptors (Lipinski definition) is 5. The van der Waals surface area contributed by atoms with Crippen LogP contribution in [0, 0.1) is 5.92 Å². The normalized spacial score (nSPS) is 12.1. The highest BCUT2D eigenvalue weighted by atomic mass is 16.4. The van der Waals surface area contributed by atoms with Gasteiger partial charge in [0, 0.05) is 0 Å². The van der Waals surface area contributed by atoms with E-state index in [9.17, 15) is 19.2 Å². The molecule has 0 aliphatic heterocycles. The SMILES string of the molecule is NC(=O)C[C@H](NCCC(C(=O)O)C(=O)O)C(=O)O. The summed E-state index contributed by atoms with van der Waals surface area (Å²) in [6.07, 6.45) is -0.757. The molecule has 0 radical (unpaired) electrons. The van der Waals surface area contributed by atoms with Crippen molar-refractivity contribution in [1.82, 2.24) is 5.32 Å². The van der Waals surface area contributed by atoms with E-state index in [1.807, 2.05) is 0 Å². The van der Waals surface area contributed by atoms with Gasteiger partial charge in [-0.05, 0) is 13.0 Å². The van der Waals surface area contributed by atoms with Crippen LogP contribution in [0.5, 0.6) is 0 Å². The summed E-state index contributed by atoms with van der Waals surface area (Å²) < 4.78 is 0. The molecule has 0 heterocycles. The number of nitrogens with one attached hydrogen (secondary N) is 1. The van der Waals surface area contributed by atoms with Crippen LogP contribution < -0.4 is 11.1 Å². The zero-order valence-corrected chi connectivity index (χ0v) is 9.33. The van der Waals surface area contributed by atoms with Gasteiger partial charge >= 0.3 is 17.9 Å². The molecule has 0 aliphatic carbocycles. The Hall–Kier alpha value is -2.16. The van der Waals surface area contributed by atoms with Crippen LogP contribution in [0.3, 0.4) is 0 Å². The first-order valence-electron chi connectivity index (χ1n) is 4.95. The molecule has 0 unspecified atom stereocenters. The molecule has 9 heteroatoms. The number of hydrogen-bond donors (Lipinski definition) is 5. The third-order valence-corrected chi connectivity index (χ3v) is 2.12. The average Bonchev–Trinajstić information content (AvgIpc) is 2.20. The number of aliphatic carboxylic acids is 3. The molecule has 0 saturated carbocycles. The molecule has 0 aromatic heterocycles. The van der Waals surface area contributed by atoms with Crippen molar-refractivity contribution in [2.75, 3.05) is 6.54 Å². The molecule has 1 atom stereocenters. The Labute approximate surface area is 102 Å². The molecule has 18 heavy (non-hydrogen) atoms. The summed E-state index contributed by atoms with van der Waals surface area (Å²) in [7, 11) is 0. The number of nitrogens with two attached hydrogens (primary N) is 1. The highest BCUT2D eigenvalue weighted by Crippen LogP contribution is 2.03. The van der Waals surface area contributed by atoms with E-state index in [0.717, 1.165) is 0 Å². The van der Waals surface area contributed by atoms with Crippen molar-refractivity contribution in [2.24, 2.45) is 11.7 Å². The molecule has 0 rings (SSSR count). The molecule has 0 aromatic rings. The largest absolute Gasteiger partial charge is 0.481 e. The fourth-order valence-electron chi connectivity index (χ4n) is 1.20. The number of carboxylic acid groups (broad SMARTS) is 3. The van der Waals surface area contributed by atoms with Gasteiger partial charge in [-0.1, -0.05) is 0 Å². The molecule has 6 N–H and O–H groups in total. The first-order valence-corrected chi connectivity index (χ1v) is 4.95. The third-order valence-electron chi connectivity index (χ3n) is 2.12. The maximum atomic E-state index is 10.7. The van der Waals surface area contributed by atoms with E-state index in [4.69, 9.17) is 21.1 Å². The summed E-state index contributed by atoms with van der Waals surface area (Å²) in [5.74, 6) is -6.79. The summed E-state index contributed by atoms with van der Waals surface area (Å²) in [4.78, 5) is 42.3. The van der Waals surface area contributed by atoms with Crippen LogP contribution in [0.15, 0.2) is 0 Å². The molecule has 9 nitrogen and oxygen atoms in total. The van der Waals surface area contributed by atoms with Gasteiger partial charge < -0.3 is 26.4 Å². The Bertz CT molecular complexity index is 341.